The molecule has 0 heterocycles. The summed E-state index contributed by atoms with van der Waals surface area (Å²) >= 11 is 0. The predicted octanol–water partition coefficient (Wildman–Crippen LogP) is -0.646. The molecule has 0 aliphatic rings. The molecule has 0 saturated heterocycles. The summed E-state index contributed by atoms with van der Waals surface area (Å²) in [7, 11) is 0. The maximum absolute atomic E-state index is 8.20. The fourth-order valence-electron chi connectivity index (χ4n) is 0.224. The molecule has 42 valence electrons. The van der Waals surface area contributed by atoms with Gasteiger partial charge in [-0.2, -0.15) is 0 Å². The Morgan fingerprint density at radius 3 is 2.57 bits per heavy atom. The molecular formula is C4H10N2O. The lowest BCUT2D eigenvalue weighted by atomic mass is 10.4. The molecule has 3 nitrogen and oxygen atoms in total. The molecule has 0 spiro atoms. The third kappa shape index (κ3) is 3.42. The van der Waals surface area contributed by atoms with Crippen molar-refractivity contribution in [3.63, 3.8) is 0 Å². The minimum atomic E-state index is -0.287. The summed E-state index contributed by atoms with van der Waals surface area (Å²) in [6.07, 6.45) is 0.216. The maximum atomic E-state index is 8.20. The largest absolute Gasteiger partial charge is 0.396 e. The lowest BCUT2D eigenvalue weighted by molar-refractivity contribution is 0.277. The molecule has 3 heteroatoms. The first-order valence-corrected chi connectivity index (χ1v) is 2.13. The van der Waals surface area contributed by atoms with Crippen LogP contribution in [0.5, 0.6) is 0 Å². The molecule has 1 unspecified atom stereocenters. The van der Waals surface area contributed by atoms with Crippen molar-refractivity contribution in [3.8, 4) is 0 Å². The summed E-state index contributed by atoms with van der Waals surface area (Å²) in [5.41, 5.74) is 5.19. The number of nitrogens with zero attached hydrogens (tertiary/aromatic N) is 1. The van der Waals surface area contributed by atoms with Crippen molar-refractivity contribution in [1.29, 1.82) is 0 Å². The van der Waals surface area contributed by atoms with Crippen molar-refractivity contribution in [2.45, 2.75) is 12.6 Å². The summed E-state index contributed by atoms with van der Waals surface area (Å²) in [5, 5.41) is 8.20. The zero-order valence-corrected chi connectivity index (χ0v) is 4.17. The summed E-state index contributed by atoms with van der Waals surface area (Å²) in [5.74, 6) is 0. The van der Waals surface area contributed by atoms with E-state index in [1.165, 1.54) is 0 Å². The van der Waals surface area contributed by atoms with E-state index in [0.29, 0.717) is 6.42 Å². The van der Waals surface area contributed by atoms with E-state index in [4.69, 9.17) is 10.8 Å². The van der Waals surface area contributed by atoms with Gasteiger partial charge in [0.2, 0.25) is 0 Å². The van der Waals surface area contributed by atoms with Gasteiger partial charge in [0.25, 0.3) is 0 Å². The molecule has 0 aliphatic carbocycles. The minimum Gasteiger partial charge on any atom is -0.396 e. The Bertz CT molecular complexity index is 55.7. The molecule has 0 aliphatic heterocycles. The SMILES string of the molecule is C=NC(N)CCO. The molecule has 0 aromatic carbocycles. The number of hydrogen-bond acceptors (Lipinski definition) is 3. The van der Waals surface area contributed by atoms with Crippen LogP contribution in [0.4, 0.5) is 0 Å². The smallest absolute Gasteiger partial charge is 0.0984 e. The fourth-order valence-corrected chi connectivity index (χ4v) is 0.224. The summed E-state index contributed by atoms with van der Waals surface area (Å²) in [6, 6.07) is 0. The Hall–Kier alpha value is -0.410. The quantitative estimate of drug-likeness (QED) is 0.465. The standard InChI is InChI=1S/C4H10N2O/c1-6-4(5)2-3-7/h4,7H,1-3,5H2. The number of aliphatic imine (C=N–C) groups is 1. The first-order valence-electron chi connectivity index (χ1n) is 2.13. The van der Waals surface area contributed by atoms with Crippen molar-refractivity contribution in [1.82, 2.24) is 0 Å². The lowest BCUT2D eigenvalue weighted by Gasteiger charge is -1.98. The number of aliphatic hydroxyl groups is 1. The van der Waals surface area contributed by atoms with Gasteiger partial charge in [-0.15, -0.1) is 0 Å². The molecule has 0 rings (SSSR count). The summed E-state index contributed by atoms with van der Waals surface area (Å²) in [6.45, 7) is 3.28. The molecule has 0 fully saturated rings. The normalized spacial score (nSPS) is 13.4. The molecular weight excluding hydrogens is 92.1 g/mol. The van der Waals surface area contributed by atoms with E-state index >= 15 is 0 Å². The first-order chi connectivity index (χ1) is 3.31. The highest BCUT2D eigenvalue weighted by Crippen LogP contribution is 1.83. The van der Waals surface area contributed by atoms with Gasteiger partial charge < -0.3 is 10.8 Å². The van der Waals surface area contributed by atoms with Crippen molar-refractivity contribution in [2.75, 3.05) is 6.61 Å². The van der Waals surface area contributed by atoms with Crippen molar-refractivity contribution in [2.24, 2.45) is 10.7 Å². The van der Waals surface area contributed by atoms with E-state index in [1.54, 1.807) is 0 Å². The number of hydrogen-bond donors (Lipinski definition) is 2. The lowest BCUT2D eigenvalue weighted by Crippen LogP contribution is -2.17. The van der Waals surface area contributed by atoms with Gasteiger partial charge in [-0.05, 0) is 6.72 Å². The molecule has 0 aromatic rings. The number of aliphatic hydroxyl groups excluding tert-OH is 1. The highest BCUT2D eigenvalue weighted by atomic mass is 16.3. The molecule has 7 heavy (non-hydrogen) atoms. The first kappa shape index (κ1) is 6.59. The van der Waals surface area contributed by atoms with Crippen LogP contribution in [0, 0.1) is 0 Å². The number of nitrogens with two attached hydrogens (primary N) is 1. The van der Waals surface area contributed by atoms with Crippen molar-refractivity contribution in [3.05, 3.63) is 0 Å². The zero-order chi connectivity index (χ0) is 5.70. The number of rotatable bonds is 3. The van der Waals surface area contributed by atoms with E-state index in [1.807, 2.05) is 0 Å². The third-order valence-corrected chi connectivity index (χ3v) is 0.659. The Kier molecular flexibility index (Phi) is 3.55. The van der Waals surface area contributed by atoms with E-state index in [9.17, 15) is 0 Å². The third-order valence-electron chi connectivity index (χ3n) is 0.659. The van der Waals surface area contributed by atoms with Crippen LogP contribution in [-0.4, -0.2) is 24.6 Å². The van der Waals surface area contributed by atoms with Gasteiger partial charge in [-0.25, -0.2) is 0 Å². The van der Waals surface area contributed by atoms with Gasteiger partial charge in [-0.3, -0.25) is 4.99 Å². The molecule has 0 amide bonds. The van der Waals surface area contributed by atoms with Crippen molar-refractivity contribution < 1.29 is 5.11 Å². The average molecular weight is 102 g/mol. The Morgan fingerprint density at radius 1 is 1.86 bits per heavy atom. The van der Waals surface area contributed by atoms with E-state index in [-0.39, 0.29) is 12.8 Å². The minimum absolute atomic E-state index is 0.0835. The molecule has 3 N–H and O–H groups in total. The Morgan fingerprint density at radius 2 is 2.43 bits per heavy atom. The van der Waals surface area contributed by atoms with Crippen LogP contribution >= 0.6 is 0 Å². The molecule has 0 saturated carbocycles. The zero-order valence-electron chi connectivity index (χ0n) is 4.17. The van der Waals surface area contributed by atoms with Gasteiger partial charge in [0, 0.05) is 13.0 Å². The van der Waals surface area contributed by atoms with Gasteiger partial charge in [0.1, 0.15) is 0 Å². The second-order valence-electron chi connectivity index (χ2n) is 1.26. The topological polar surface area (TPSA) is 58.6 Å². The van der Waals surface area contributed by atoms with Crippen LogP contribution in [0.2, 0.25) is 0 Å². The van der Waals surface area contributed by atoms with Crippen LogP contribution in [0.3, 0.4) is 0 Å². The monoisotopic (exact) mass is 102 g/mol. The van der Waals surface area contributed by atoms with Crippen molar-refractivity contribution >= 4 is 6.72 Å². The molecule has 0 aromatic heterocycles. The van der Waals surface area contributed by atoms with E-state index < -0.39 is 0 Å². The Balaban J connectivity index is 2.98. The van der Waals surface area contributed by atoms with Gasteiger partial charge in [-0.1, -0.05) is 0 Å². The van der Waals surface area contributed by atoms with Crippen LogP contribution in [0.1, 0.15) is 6.42 Å². The second-order valence-corrected chi connectivity index (χ2v) is 1.26. The molecule has 0 bridgehead atoms. The molecule has 0 radical (unpaired) electrons. The van der Waals surface area contributed by atoms with E-state index in [2.05, 4.69) is 11.7 Å². The van der Waals surface area contributed by atoms with Crippen LogP contribution in [0.15, 0.2) is 4.99 Å². The van der Waals surface area contributed by atoms with E-state index in [0.717, 1.165) is 0 Å². The highest BCUT2D eigenvalue weighted by Gasteiger charge is 1.91. The second kappa shape index (κ2) is 3.77. The Labute approximate surface area is 42.9 Å². The van der Waals surface area contributed by atoms with Crippen LogP contribution in [0.25, 0.3) is 0 Å². The van der Waals surface area contributed by atoms with Gasteiger partial charge in [0.15, 0.2) is 0 Å². The maximum Gasteiger partial charge on any atom is 0.0984 e. The highest BCUT2D eigenvalue weighted by molar-refractivity contribution is 5.23. The fraction of sp³-hybridized carbons (Fsp3) is 0.750. The van der Waals surface area contributed by atoms with Crippen LogP contribution < -0.4 is 5.73 Å². The van der Waals surface area contributed by atoms with Gasteiger partial charge >= 0.3 is 0 Å². The molecule has 1 atom stereocenters. The van der Waals surface area contributed by atoms with Crippen LogP contribution in [-0.2, 0) is 0 Å². The average Bonchev–Trinajstić information content (AvgIpc) is 1.68. The van der Waals surface area contributed by atoms with Gasteiger partial charge in [0.05, 0.1) is 6.17 Å². The predicted molar refractivity (Wildman–Crippen MR) is 29.2 cm³/mol. The summed E-state index contributed by atoms with van der Waals surface area (Å²) < 4.78 is 0. The summed E-state index contributed by atoms with van der Waals surface area (Å²) in [4.78, 5) is 3.45.